The van der Waals surface area contributed by atoms with Crippen molar-refractivity contribution < 1.29 is 9.84 Å². The van der Waals surface area contributed by atoms with Crippen molar-refractivity contribution in [2.45, 2.75) is 38.5 Å². The first-order valence-corrected chi connectivity index (χ1v) is 5.84. The fraction of sp³-hybridized carbons (Fsp3) is 1.00. The summed E-state index contributed by atoms with van der Waals surface area (Å²) in [5, 5.41) is 13.1. The van der Waals surface area contributed by atoms with Gasteiger partial charge in [-0.15, -0.1) is 0 Å². The third-order valence-corrected chi connectivity index (χ3v) is 3.29. The number of nitrogens with one attached hydrogen (secondary N) is 1. The molecule has 3 unspecified atom stereocenters. The van der Waals surface area contributed by atoms with Gasteiger partial charge in [0, 0.05) is 38.8 Å². The van der Waals surface area contributed by atoms with E-state index in [1.54, 1.807) is 7.11 Å². The molecule has 0 aromatic carbocycles. The van der Waals surface area contributed by atoms with Gasteiger partial charge in [-0.2, -0.15) is 0 Å². The van der Waals surface area contributed by atoms with E-state index in [-0.39, 0.29) is 12.1 Å². The number of β-amino-alcohol motifs (C(OH)–C–C–N with tert-alkyl or cyclic N) is 1. The maximum Gasteiger partial charge on any atom is 0.0831 e. The van der Waals surface area contributed by atoms with Crippen LogP contribution in [0.25, 0.3) is 0 Å². The van der Waals surface area contributed by atoms with Gasteiger partial charge in [-0.05, 0) is 13.3 Å². The van der Waals surface area contributed by atoms with Crippen molar-refractivity contribution in [3.63, 3.8) is 0 Å². The predicted molar refractivity (Wildman–Crippen MR) is 61.0 cm³/mol. The molecule has 1 aliphatic rings. The van der Waals surface area contributed by atoms with Gasteiger partial charge in [-0.1, -0.05) is 6.92 Å². The van der Waals surface area contributed by atoms with E-state index in [1.807, 2.05) is 0 Å². The van der Waals surface area contributed by atoms with E-state index in [1.165, 1.54) is 0 Å². The Morgan fingerprint density at radius 1 is 1.53 bits per heavy atom. The smallest absolute Gasteiger partial charge is 0.0831 e. The average molecular weight is 216 g/mol. The zero-order valence-electron chi connectivity index (χ0n) is 10.1. The quantitative estimate of drug-likeness (QED) is 0.659. The second-order valence-electron chi connectivity index (χ2n) is 4.28. The number of methoxy groups -OCH3 is 1. The maximum atomic E-state index is 9.86. The largest absolute Gasteiger partial charge is 0.390 e. The molecule has 4 heteroatoms. The van der Waals surface area contributed by atoms with Crippen LogP contribution in [0.3, 0.4) is 0 Å². The number of aliphatic hydroxyl groups excluding tert-OH is 1. The highest BCUT2D eigenvalue weighted by molar-refractivity contribution is 4.90. The third kappa shape index (κ3) is 3.41. The van der Waals surface area contributed by atoms with Gasteiger partial charge in [-0.3, -0.25) is 4.90 Å². The zero-order valence-corrected chi connectivity index (χ0v) is 10.1. The fourth-order valence-electron chi connectivity index (χ4n) is 2.13. The van der Waals surface area contributed by atoms with Crippen LogP contribution in [-0.2, 0) is 4.74 Å². The lowest BCUT2D eigenvalue weighted by atomic mass is 10.1. The van der Waals surface area contributed by atoms with Crippen LogP contribution in [0.1, 0.15) is 20.3 Å². The summed E-state index contributed by atoms with van der Waals surface area (Å²) < 4.78 is 5.12. The molecule has 0 saturated carbocycles. The van der Waals surface area contributed by atoms with E-state index >= 15 is 0 Å². The molecule has 4 nitrogen and oxygen atoms in total. The zero-order chi connectivity index (χ0) is 11.3. The molecule has 0 aromatic heterocycles. The van der Waals surface area contributed by atoms with Crippen molar-refractivity contribution in [2.75, 3.05) is 33.4 Å². The van der Waals surface area contributed by atoms with Crippen LogP contribution in [0, 0.1) is 0 Å². The first kappa shape index (κ1) is 12.9. The second kappa shape index (κ2) is 6.43. The first-order chi connectivity index (χ1) is 7.20. The highest BCUT2D eigenvalue weighted by Crippen LogP contribution is 2.14. The molecule has 0 amide bonds. The standard InChI is InChI=1S/C11H24N2O2/c1-4-9(2)13(5-6-15-3)10-7-12-8-11(10)14/h9-12,14H,4-8H2,1-3H3. The van der Waals surface area contributed by atoms with Crippen molar-refractivity contribution in [1.82, 2.24) is 10.2 Å². The summed E-state index contributed by atoms with van der Waals surface area (Å²) in [6, 6.07) is 0.745. The normalized spacial score (nSPS) is 28.6. The van der Waals surface area contributed by atoms with E-state index in [0.29, 0.717) is 12.6 Å². The minimum Gasteiger partial charge on any atom is -0.390 e. The molecule has 0 bridgehead atoms. The van der Waals surface area contributed by atoms with Crippen molar-refractivity contribution >= 4 is 0 Å². The van der Waals surface area contributed by atoms with Crippen molar-refractivity contribution in [1.29, 1.82) is 0 Å². The van der Waals surface area contributed by atoms with Gasteiger partial charge in [0.25, 0.3) is 0 Å². The highest BCUT2D eigenvalue weighted by atomic mass is 16.5. The molecule has 0 spiro atoms. The summed E-state index contributed by atoms with van der Waals surface area (Å²) in [5.41, 5.74) is 0. The van der Waals surface area contributed by atoms with Crippen LogP contribution in [0.15, 0.2) is 0 Å². The van der Waals surface area contributed by atoms with E-state index in [9.17, 15) is 5.11 Å². The van der Waals surface area contributed by atoms with Gasteiger partial charge in [0.2, 0.25) is 0 Å². The number of hydrogen-bond donors (Lipinski definition) is 2. The Bertz CT molecular complexity index is 178. The molecule has 0 aliphatic carbocycles. The molecule has 1 heterocycles. The van der Waals surface area contributed by atoms with Gasteiger partial charge in [0.15, 0.2) is 0 Å². The molecule has 2 N–H and O–H groups in total. The van der Waals surface area contributed by atoms with Crippen molar-refractivity contribution in [2.24, 2.45) is 0 Å². The van der Waals surface area contributed by atoms with Crippen LogP contribution in [0.4, 0.5) is 0 Å². The minimum absolute atomic E-state index is 0.240. The summed E-state index contributed by atoms with van der Waals surface area (Å²) in [4.78, 5) is 2.36. The maximum absolute atomic E-state index is 9.86. The lowest BCUT2D eigenvalue weighted by Crippen LogP contribution is -2.49. The number of nitrogens with zero attached hydrogens (tertiary/aromatic N) is 1. The summed E-state index contributed by atoms with van der Waals surface area (Å²) in [6.45, 7) is 7.61. The summed E-state index contributed by atoms with van der Waals surface area (Å²) in [7, 11) is 1.72. The molecule has 1 rings (SSSR count). The Hall–Kier alpha value is -0.160. The van der Waals surface area contributed by atoms with E-state index in [2.05, 4.69) is 24.1 Å². The Balaban J connectivity index is 2.53. The monoisotopic (exact) mass is 216 g/mol. The third-order valence-electron chi connectivity index (χ3n) is 3.29. The average Bonchev–Trinajstić information content (AvgIpc) is 2.65. The van der Waals surface area contributed by atoms with Crippen LogP contribution >= 0.6 is 0 Å². The number of ether oxygens (including phenoxy) is 1. The Kier molecular flexibility index (Phi) is 5.53. The van der Waals surface area contributed by atoms with Gasteiger partial charge in [0.1, 0.15) is 0 Å². The Morgan fingerprint density at radius 3 is 2.73 bits per heavy atom. The first-order valence-electron chi connectivity index (χ1n) is 5.84. The van der Waals surface area contributed by atoms with Crippen LogP contribution in [0.2, 0.25) is 0 Å². The Labute approximate surface area is 92.6 Å². The minimum atomic E-state index is -0.240. The molecule has 0 aromatic rings. The van der Waals surface area contributed by atoms with Crippen molar-refractivity contribution in [3.8, 4) is 0 Å². The lowest BCUT2D eigenvalue weighted by molar-refractivity contribution is 0.0377. The highest BCUT2D eigenvalue weighted by Gasteiger charge is 2.32. The second-order valence-corrected chi connectivity index (χ2v) is 4.28. The Morgan fingerprint density at radius 2 is 2.27 bits per heavy atom. The SMILES string of the molecule is CCC(C)N(CCOC)C1CNCC1O. The molecule has 1 fully saturated rings. The van der Waals surface area contributed by atoms with Crippen LogP contribution in [-0.4, -0.2) is 61.5 Å². The van der Waals surface area contributed by atoms with E-state index in [0.717, 1.165) is 26.1 Å². The van der Waals surface area contributed by atoms with E-state index in [4.69, 9.17) is 4.74 Å². The molecule has 1 saturated heterocycles. The molecule has 90 valence electrons. The van der Waals surface area contributed by atoms with Gasteiger partial charge in [0.05, 0.1) is 12.7 Å². The number of hydrogen-bond acceptors (Lipinski definition) is 4. The molecular weight excluding hydrogens is 192 g/mol. The van der Waals surface area contributed by atoms with Crippen molar-refractivity contribution in [3.05, 3.63) is 0 Å². The summed E-state index contributed by atoms with van der Waals surface area (Å²) in [6.07, 6.45) is 0.864. The molecule has 3 atom stereocenters. The van der Waals surface area contributed by atoms with E-state index < -0.39 is 0 Å². The molecule has 15 heavy (non-hydrogen) atoms. The van der Waals surface area contributed by atoms with Crippen LogP contribution in [0.5, 0.6) is 0 Å². The molecule has 0 radical (unpaired) electrons. The summed E-state index contributed by atoms with van der Waals surface area (Å²) >= 11 is 0. The topological polar surface area (TPSA) is 44.7 Å². The number of rotatable bonds is 6. The van der Waals surface area contributed by atoms with Crippen LogP contribution < -0.4 is 5.32 Å². The molecular formula is C11H24N2O2. The summed E-state index contributed by atoms with van der Waals surface area (Å²) in [5.74, 6) is 0. The lowest BCUT2D eigenvalue weighted by Gasteiger charge is -2.35. The van der Waals surface area contributed by atoms with Gasteiger partial charge < -0.3 is 15.2 Å². The fourth-order valence-corrected chi connectivity index (χ4v) is 2.13. The van der Waals surface area contributed by atoms with Gasteiger partial charge in [-0.25, -0.2) is 0 Å². The number of aliphatic hydroxyl groups is 1. The predicted octanol–water partition coefficient (Wildman–Crippen LogP) is 0.0660. The molecule has 1 aliphatic heterocycles. The van der Waals surface area contributed by atoms with Gasteiger partial charge >= 0.3 is 0 Å².